The highest BCUT2D eigenvalue weighted by molar-refractivity contribution is 7.91. The van der Waals surface area contributed by atoms with Crippen LogP contribution in [-0.2, 0) is 14.6 Å². The molecule has 1 fully saturated rings. The maximum atomic E-state index is 13.1. The number of halogens is 1. The predicted molar refractivity (Wildman–Crippen MR) is 75.0 cm³/mol. The molecule has 5 nitrogen and oxygen atoms in total. The average molecular weight is 314 g/mol. The van der Waals surface area contributed by atoms with Gasteiger partial charge in [-0.2, -0.15) is 0 Å². The van der Waals surface area contributed by atoms with Crippen molar-refractivity contribution in [2.45, 2.75) is 6.42 Å². The minimum Gasteiger partial charge on any atom is -0.302 e. The van der Waals surface area contributed by atoms with Gasteiger partial charge < -0.3 is 5.32 Å². The molecule has 1 unspecified atom stereocenters. The molecule has 8 heteroatoms. The molecule has 1 atom stereocenters. The monoisotopic (exact) mass is 314 g/mol. The number of benzene rings is 1. The maximum Gasteiger partial charge on any atom is 0.230 e. The smallest absolute Gasteiger partial charge is 0.230 e. The Morgan fingerprint density at radius 2 is 2.25 bits per heavy atom. The van der Waals surface area contributed by atoms with Crippen LogP contribution in [0.15, 0.2) is 18.2 Å². The minimum atomic E-state index is -3.09. The zero-order valence-corrected chi connectivity index (χ0v) is 11.9. The van der Waals surface area contributed by atoms with E-state index in [4.69, 9.17) is 0 Å². The zero-order chi connectivity index (χ0) is 14.3. The number of anilines is 1. The number of aromatic nitrogens is 1. The van der Waals surface area contributed by atoms with Crippen molar-refractivity contribution in [2.75, 3.05) is 16.8 Å². The van der Waals surface area contributed by atoms with E-state index >= 15 is 0 Å². The van der Waals surface area contributed by atoms with Crippen molar-refractivity contribution in [1.29, 1.82) is 0 Å². The number of rotatable bonds is 2. The lowest BCUT2D eigenvalue weighted by Gasteiger charge is -2.05. The number of nitrogens with zero attached hydrogens (tertiary/aromatic N) is 1. The number of hydrogen-bond acceptors (Lipinski definition) is 5. The van der Waals surface area contributed by atoms with Gasteiger partial charge in [-0.3, -0.25) is 4.79 Å². The van der Waals surface area contributed by atoms with Crippen molar-refractivity contribution in [1.82, 2.24) is 4.98 Å². The maximum absolute atomic E-state index is 13.1. The summed E-state index contributed by atoms with van der Waals surface area (Å²) in [5, 5.41) is 2.97. The summed E-state index contributed by atoms with van der Waals surface area (Å²) < 4.78 is 36.4. The molecule has 0 spiro atoms. The Morgan fingerprint density at radius 3 is 2.95 bits per heavy atom. The molecule has 2 aromatic rings. The Morgan fingerprint density at radius 1 is 1.45 bits per heavy atom. The number of nitrogens with one attached hydrogen (secondary N) is 1. The summed E-state index contributed by atoms with van der Waals surface area (Å²) >= 11 is 1.17. The van der Waals surface area contributed by atoms with Gasteiger partial charge in [0, 0.05) is 0 Å². The molecular weight excluding hydrogens is 303 g/mol. The van der Waals surface area contributed by atoms with Crippen molar-refractivity contribution in [3.8, 4) is 0 Å². The number of hydrogen-bond donors (Lipinski definition) is 1. The fourth-order valence-corrected chi connectivity index (χ4v) is 4.80. The van der Waals surface area contributed by atoms with Crippen molar-refractivity contribution < 1.29 is 17.6 Å². The number of carbonyl (C=O) groups is 1. The summed E-state index contributed by atoms with van der Waals surface area (Å²) in [6, 6.07) is 4.19. The third-order valence-electron chi connectivity index (χ3n) is 3.18. The summed E-state index contributed by atoms with van der Waals surface area (Å²) in [4.78, 5) is 16.1. The summed E-state index contributed by atoms with van der Waals surface area (Å²) in [6.07, 6.45) is 0.341. The van der Waals surface area contributed by atoms with Gasteiger partial charge in [-0.25, -0.2) is 17.8 Å². The lowest BCUT2D eigenvalue weighted by atomic mass is 10.1. The van der Waals surface area contributed by atoms with Gasteiger partial charge in [0.1, 0.15) is 5.82 Å². The quantitative estimate of drug-likeness (QED) is 0.917. The number of fused-ring (bicyclic) bond motifs is 1. The van der Waals surface area contributed by atoms with Gasteiger partial charge >= 0.3 is 0 Å². The highest BCUT2D eigenvalue weighted by atomic mass is 32.2. The molecule has 0 aliphatic carbocycles. The number of carbonyl (C=O) groups excluding carboxylic acids is 1. The van der Waals surface area contributed by atoms with Crippen LogP contribution < -0.4 is 5.32 Å². The lowest BCUT2D eigenvalue weighted by molar-refractivity contribution is -0.119. The van der Waals surface area contributed by atoms with E-state index < -0.39 is 15.8 Å². The van der Waals surface area contributed by atoms with E-state index in [0.29, 0.717) is 21.8 Å². The normalized spacial score (nSPS) is 21.1. The predicted octanol–water partition coefficient (Wildman–Crippen LogP) is 1.81. The first kappa shape index (κ1) is 13.4. The molecule has 0 bridgehead atoms. The van der Waals surface area contributed by atoms with Crippen LogP contribution in [0, 0.1) is 11.7 Å². The summed E-state index contributed by atoms with van der Waals surface area (Å²) in [5.41, 5.74) is 0.603. The van der Waals surface area contributed by atoms with Crippen molar-refractivity contribution in [3.63, 3.8) is 0 Å². The second kappa shape index (κ2) is 4.78. The van der Waals surface area contributed by atoms with Crippen molar-refractivity contribution in [2.24, 2.45) is 5.92 Å². The average Bonchev–Trinajstić information content (AvgIpc) is 2.91. The van der Waals surface area contributed by atoms with Gasteiger partial charge in [0.15, 0.2) is 15.0 Å². The molecule has 0 radical (unpaired) electrons. The van der Waals surface area contributed by atoms with Gasteiger partial charge in [-0.15, -0.1) is 0 Å². The van der Waals surface area contributed by atoms with Crippen molar-refractivity contribution in [3.05, 3.63) is 24.0 Å². The van der Waals surface area contributed by atoms with E-state index in [1.54, 1.807) is 0 Å². The first-order chi connectivity index (χ1) is 9.43. The van der Waals surface area contributed by atoms with E-state index in [1.165, 1.54) is 29.5 Å². The highest BCUT2D eigenvalue weighted by Gasteiger charge is 2.33. The van der Waals surface area contributed by atoms with Crippen LogP contribution in [0.5, 0.6) is 0 Å². The molecule has 1 aliphatic rings. The molecule has 1 N–H and O–H groups in total. The second-order valence-electron chi connectivity index (χ2n) is 4.72. The minimum absolute atomic E-state index is 0.0517. The first-order valence-corrected chi connectivity index (χ1v) is 8.64. The van der Waals surface area contributed by atoms with Crippen LogP contribution in [0.4, 0.5) is 9.52 Å². The fraction of sp³-hybridized carbons (Fsp3) is 0.333. The van der Waals surface area contributed by atoms with E-state index in [2.05, 4.69) is 10.3 Å². The van der Waals surface area contributed by atoms with E-state index in [0.717, 1.165) is 0 Å². The third kappa shape index (κ3) is 2.66. The Kier molecular flexibility index (Phi) is 3.21. The van der Waals surface area contributed by atoms with Gasteiger partial charge in [0.2, 0.25) is 5.91 Å². The molecule has 1 aromatic carbocycles. The van der Waals surface area contributed by atoms with Crippen LogP contribution in [0.1, 0.15) is 6.42 Å². The first-order valence-electron chi connectivity index (χ1n) is 6.00. The Balaban J connectivity index is 1.78. The molecule has 0 saturated carbocycles. The molecule has 1 aliphatic heterocycles. The SMILES string of the molecule is O=C(Nc1nc2ccc(F)cc2s1)C1CCS(=O)(=O)C1. The van der Waals surface area contributed by atoms with Crippen LogP contribution >= 0.6 is 11.3 Å². The largest absolute Gasteiger partial charge is 0.302 e. The van der Waals surface area contributed by atoms with Crippen LogP contribution in [0.2, 0.25) is 0 Å². The van der Waals surface area contributed by atoms with Crippen LogP contribution in [-0.4, -0.2) is 30.8 Å². The van der Waals surface area contributed by atoms with E-state index in [1.807, 2.05) is 0 Å². The van der Waals surface area contributed by atoms with E-state index in [9.17, 15) is 17.6 Å². The Labute approximate surface area is 118 Å². The number of thiazole rings is 1. The van der Waals surface area contributed by atoms with Crippen LogP contribution in [0.3, 0.4) is 0 Å². The molecule has 106 valence electrons. The highest BCUT2D eigenvalue weighted by Crippen LogP contribution is 2.28. The van der Waals surface area contributed by atoms with Gasteiger partial charge in [0.25, 0.3) is 0 Å². The van der Waals surface area contributed by atoms with Crippen molar-refractivity contribution >= 4 is 42.4 Å². The molecule has 1 aromatic heterocycles. The van der Waals surface area contributed by atoms with Gasteiger partial charge in [-0.1, -0.05) is 11.3 Å². The second-order valence-corrected chi connectivity index (χ2v) is 7.98. The lowest BCUT2D eigenvalue weighted by Crippen LogP contribution is -2.23. The zero-order valence-electron chi connectivity index (χ0n) is 10.3. The molecular formula is C12H11FN2O3S2. The fourth-order valence-electron chi connectivity index (χ4n) is 2.16. The molecule has 3 rings (SSSR count). The van der Waals surface area contributed by atoms with Crippen LogP contribution in [0.25, 0.3) is 10.2 Å². The summed E-state index contributed by atoms with van der Waals surface area (Å²) in [5.74, 6) is -1.29. The van der Waals surface area contributed by atoms with Gasteiger partial charge in [-0.05, 0) is 24.6 Å². The molecule has 1 saturated heterocycles. The third-order valence-corrected chi connectivity index (χ3v) is 5.89. The topological polar surface area (TPSA) is 76.1 Å². The molecule has 1 amide bonds. The Bertz CT molecular complexity index is 785. The summed E-state index contributed by atoms with van der Waals surface area (Å²) in [7, 11) is -3.09. The summed E-state index contributed by atoms with van der Waals surface area (Å²) in [6.45, 7) is 0. The van der Waals surface area contributed by atoms with Gasteiger partial charge in [0.05, 0.1) is 27.6 Å². The standard InChI is InChI=1S/C12H11FN2O3S2/c13-8-1-2-9-10(5-8)19-12(14-9)15-11(16)7-3-4-20(17,18)6-7/h1-2,5,7H,3-4,6H2,(H,14,15,16). The van der Waals surface area contributed by atoms with E-state index in [-0.39, 0.29) is 23.2 Å². The Hall–Kier alpha value is -1.54. The number of amides is 1. The molecule has 20 heavy (non-hydrogen) atoms. The molecule has 2 heterocycles. The number of sulfone groups is 1.